The number of nitrogens with one attached hydrogen (secondary N) is 2. The Kier molecular flexibility index (Phi) is 7.03. The normalized spacial score (nSPS) is 11.9. The summed E-state index contributed by atoms with van der Waals surface area (Å²) in [5.74, 6) is -1.02. The summed E-state index contributed by atoms with van der Waals surface area (Å²) >= 11 is 0. The second-order valence-corrected chi connectivity index (χ2v) is 5.71. The van der Waals surface area contributed by atoms with Crippen molar-refractivity contribution in [3.05, 3.63) is 41.5 Å². The fourth-order valence-corrected chi connectivity index (χ4v) is 2.23. The second kappa shape index (κ2) is 8.53. The first kappa shape index (κ1) is 17.3. The van der Waals surface area contributed by atoms with E-state index in [4.69, 9.17) is 9.84 Å². The van der Waals surface area contributed by atoms with E-state index in [0.29, 0.717) is 6.61 Å². The molecule has 0 aliphatic heterocycles. The topological polar surface area (TPSA) is 105 Å². The average molecular weight is 314 g/mol. The van der Waals surface area contributed by atoms with Gasteiger partial charge in [-0.1, -0.05) is 24.3 Å². The fourth-order valence-electron chi connectivity index (χ4n) is 1.42. The minimum Gasteiger partial charge on any atom is -0.478 e. The summed E-state index contributed by atoms with van der Waals surface area (Å²) < 4.78 is 32.6. The van der Waals surface area contributed by atoms with Gasteiger partial charge < -0.3 is 9.84 Å². The highest BCUT2D eigenvalue weighted by Crippen LogP contribution is 2.06. The van der Waals surface area contributed by atoms with Crippen molar-refractivity contribution in [1.29, 1.82) is 0 Å². The summed E-state index contributed by atoms with van der Waals surface area (Å²) in [6.45, 7) is 0.640. The van der Waals surface area contributed by atoms with Crippen molar-refractivity contribution < 1.29 is 23.1 Å². The molecule has 0 fully saturated rings. The molecule has 0 saturated heterocycles. The van der Waals surface area contributed by atoms with Crippen LogP contribution in [0.15, 0.2) is 30.3 Å². The van der Waals surface area contributed by atoms with Gasteiger partial charge in [0.05, 0.1) is 6.61 Å². The molecule has 0 aliphatic carbocycles. The number of aliphatic carboxylic acids is 1. The average Bonchev–Trinajstić information content (AvgIpc) is 2.44. The van der Waals surface area contributed by atoms with E-state index in [1.165, 1.54) is 13.2 Å². The quantitative estimate of drug-likeness (QED) is 0.451. The van der Waals surface area contributed by atoms with Gasteiger partial charge >= 0.3 is 5.97 Å². The van der Waals surface area contributed by atoms with Crippen LogP contribution in [0.1, 0.15) is 11.1 Å². The van der Waals surface area contributed by atoms with Crippen molar-refractivity contribution in [2.45, 2.75) is 6.54 Å². The number of benzene rings is 1. The number of carboxylic acid groups (broad SMARTS) is 1. The molecule has 0 bridgehead atoms. The summed E-state index contributed by atoms with van der Waals surface area (Å²) in [4.78, 5) is 10.4. The standard InChI is InChI=1S/C13H18N2O5S/c1-20-9-8-14-21(18,19)15-10-12-4-2-11(3-5-12)6-7-13(16)17/h2-7,14-15H,8-10H2,1H3,(H,16,17)/b7-6+. The van der Waals surface area contributed by atoms with Crippen molar-refractivity contribution in [3.63, 3.8) is 0 Å². The molecule has 0 saturated carbocycles. The number of rotatable bonds is 9. The van der Waals surface area contributed by atoms with Gasteiger partial charge in [-0.2, -0.15) is 17.9 Å². The molecule has 7 nitrogen and oxygen atoms in total. The van der Waals surface area contributed by atoms with Crippen LogP contribution < -0.4 is 9.44 Å². The predicted molar refractivity (Wildman–Crippen MR) is 78.8 cm³/mol. The third-order valence-electron chi connectivity index (χ3n) is 2.46. The predicted octanol–water partition coefficient (Wildman–Crippen LogP) is 0.355. The van der Waals surface area contributed by atoms with Gasteiger partial charge in [0.15, 0.2) is 0 Å². The van der Waals surface area contributed by atoms with Crippen molar-refractivity contribution in [3.8, 4) is 0 Å². The van der Waals surface area contributed by atoms with Gasteiger partial charge in [-0.3, -0.25) is 0 Å². The minimum atomic E-state index is -3.56. The Hall–Kier alpha value is -1.74. The molecule has 0 unspecified atom stereocenters. The lowest BCUT2D eigenvalue weighted by Gasteiger charge is -2.08. The van der Waals surface area contributed by atoms with Crippen LogP contribution in [-0.2, 0) is 26.3 Å². The van der Waals surface area contributed by atoms with Gasteiger partial charge in [0.1, 0.15) is 0 Å². The maximum atomic E-state index is 11.6. The van der Waals surface area contributed by atoms with Gasteiger partial charge in [-0.05, 0) is 17.2 Å². The highest BCUT2D eigenvalue weighted by molar-refractivity contribution is 7.87. The zero-order valence-electron chi connectivity index (χ0n) is 11.6. The van der Waals surface area contributed by atoms with Crippen molar-refractivity contribution in [1.82, 2.24) is 9.44 Å². The molecule has 1 rings (SSSR count). The molecule has 0 aliphatic rings. The van der Waals surface area contributed by atoms with Gasteiger partial charge in [-0.15, -0.1) is 0 Å². The number of hydrogen-bond acceptors (Lipinski definition) is 4. The molecular weight excluding hydrogens is 296 g/mol. The highest BCUT2D eigenvalue weighted by atomic mass is 32.2. The first-order valence-electron chi connectivity index (χ1n) is 6.16. The van der Waals surface area contributed by atoms with E-state index in [1.807, 2.05) is 0 Å². The van der Waals surface area contributed by atoms with Crippen LogP contribution in [0, 0.1) is 0 Å². The third-order valence-corrected chi connectivity index (χ3v) is 3.57. The van der Waals surface area contributed by atoms with Crippen LogP contribution in [0.4, 0.5) is 0 Å². The Morgan fingerprint density at radius 2 is 1.95 bits per heavy atom. The molecule has 1 aromatic carbocycles. The molecule has 0 amide bonds. The summed E-state index contributed by atoms with van der Waals surface area (Å²) in [5.41, 5.74) is 1.49. The maximum Gasteiger partial charge on any atom is 0.328 e. The summed E-state index contributed by atoms with van der Waals surface area (Å²) in [6, 6.07) is 6.86. The maximum absolute atomic E-state index is 11.6. The molecule has 1 aromatic rings. The van der Waals surface area contributed by atoms with Crippen LogP contribution in [0.3, 0.4) is 0 Å². The Morgan fingerprint density at radius 3 is 2.52 bits per heavy atom. The number of methoxy groups -OCH3 is 1. The lowest BCUT2D eigenvalue weighted by Crippen LogP contribution is -2.37. The molecule has 0 aromatic heterocycles. The zero-order chi connectivity index (χ0) is 15.7. The van der Waals surface area contributed by atoms with E-state index in [-0.39, 0.29) is 13.1 Å². The van der Waals surface area contributed by atoms with Crippen molar-refractivity contribution in [2.24, 2.45) is 0 Å². The molecule has 116 valence electrons. The second-order valence-electron chi connectivity index (χ2n) is 4.12. The van der Waals surface area contributed by atoms with E-state index in [2.05, 4.69) is 9.44 Å². The van der Waals surface area contributed by atoms with E-state index < -0.39 is 16.2 Å². The Morgan fingerprint density at radius 1 is 1.29 bits per heavy atom. The highest BCUT2D eigenvalue weighted by Gasteiger charge is 2.07. The van der Waals surface area contributed by atoms with Crippen LogP contribution in [0.25, 0.3) is 6.08 Å². The molecule has 0 radical (unpaired) electrons. The largest absolute Gasteiger partial charge is 0.478 e. The molecule has 8 heteroatoms. The van der Waals surface area contributed by atoms with E-state index >= 15 is 0 Å². The van der Waals surface area contributed by atoms with Crippen LogP contribution in [0.5, 0.6) is 0 Å². The summed E-state index contributed by atoms with van der Waals surface area (Å²) in [5, 5.41) is 8.51. The number of carboxylic acids is 1. The van der Waals surface area contributed by atoms with Crippen LogP contribution >= 0.6 is 0 Å². The smallest absolute Gasteiger partial charge is 0.328 e. The fraction of sp³-hybridized carbons (Fsp3) is 0.308. The monoisotopic (exact) mass is 314 g/mol. The van der Waals surface area contributed by atoms with E-state index in [9.17, 15) is 13.2 Å². The first-order chi connectivity index (χ1) is 9.93. The van der Waals surface area contributed by atoms with Crippen LogP contribution in [0.2, 0.25) is 0 Å². The molecule has 0 spiro atoms. The minimum absolute atomic E-state index is 0.144. The summed E-state index contributed by atoms with van der Waals surface area (Å²) in [7, 11) is -2.07. The first-order valence-corrected chi connectivity index (χ1v) is 7.64. The van der Waals surface area contributed by atoms with E-state index in [0.717, 1.165) is 17.2 Å². The van der Waals surface area contributed by atoms with Gasteiger partial charge in [0, 0.05) is 26.3 Å². The Bertz CT molecular complexity index is 581. The molecule has 0 heterocycles. The Labute approximate surface area is 123 Å². The number of carbonyl (C=O) groups is 1. The number of ether oxygens (including phenoxy) is 1. The van der Waals surface area contributed by atoms with Gasteiger partial charge in [0.25, 0.3) is 10.2 Å². The van der Waals surface area contributed by atoms with Crippen molar-refractivity contribution >= 4 is 22.3 Å². The molecule has 21 heavy (non-hydrogen) atoms. The molecular formula is C13H18N2O5S. The summed E-state index contributed by atoms with van der Waals surface area (Å²) in [6.07, 6.45) is 2.50. The SMILES string of the molecule is COCCNS(=O)(=O)NCc1ccc(/C=C/C(=O)O)cc1. The van der Waals surface area contributed by atoms with Gasteiger partial charge in [0.2, 0.25) is 0 Å². The Balaban J connectivity index is 2.50. The lowest BCUT2D eigenvalue weighted by molar-refractivity contribution is -0.131. The zero-order valence-corrected chi connectivity index (χ0v) is 12.4. The third kappa shape index (κ3) is 7.57. The molecule has 0 atom stereocenters. The molecule has 3 N–H and O–H groups in total. The number of hydrogen-bond donors (Lipinski definition) is 3. The van der Waals surface area contributed by atoms with E-state index in [1.54, 1.807) is 24.3 Å². The van der Waals surface area contributed by atoms with Crippen LogP contribution in [-0.4, -0.2) is 39.8 Å². The van der Waals surface area contributed by atoms with Crippen molar-refractivity contribution in [2.75, 3.05) is 20.3 Å². The lowest BCUT2D eigenvalue weighted by atomic mass is 10.1. The van der Waals surface area contributed by atoms with Gasteiger partial charge in [-0.25, -0.2) is 4.79 Å².